The number of amides is 3. The van der Waals surface area contributed by atoms with Gasteiger partial charge in [0.2, 0.25) is 5.91 Å². The van der Waals surface area contributed by atoms with E-state index >= 15 is 0 Å². The SMILES string of the molecule is CC[C@@H](NCCCCCCCN1CC(=O)NC1=O)c1cc(OCC2CC2)co1. The van der Waals surface area contributed by atoms with Gasteiger partial charge in [-0.15, -0.1) is 0 Å². The first-order valence-electron chi connectivity index (χ1n) is 10.7. The fourth-order valence-corrected chi connectivity index (χ4v) is 3.44. The molecule has 1 aromatic heterocycles. The summed E-state index contributed by atoms with van der Waals surface area (Å²) < 4.78 is 11.5. The number of carbonyl (C=O) groups is 2. The molecule has 1 aromatic rings. The van der Waals surface area contributed by atoms with Crippen molar-refractivity contribution in [2.75, 3.05) is 26.2 Å². The lowest BCUT2D eigenvalue weighted by molar-refractivity contribution is -0.118. The van der Waals surface area contributed by atoms with E-state index in [0.29, 0.717) is 6.54 Å². The molecule has 1 saturated carbocycles. The Bertz CT molecular complexity index is 641. The molecule has 0 bridgehead atoms. The Morgan fingerprint density at radius 3 is 2.75 bits per heavy atom. The van der Waals surface area contributed by atoms with E-state index in [1.165, 1.54) is 12.8 Å². The number of unbranched alkanes of at least 4 members (excludes halogenated alkanes) is 4. The maximum Gasteiger partial charge on any atom is 0.324 e. The molecule has 2 heterocycles. The summed E-state index contributed by atoms with van der Waals surface area (Å²) in [6.07, 6.45) is 10.7. The lowest BCUT2D eigenvalue weighted by Gasteiger charge is -2.14. The number of nitrogens with one attached hydrogen (secondary N) is 2. The standard InChI is InChI=1S/C21H33N3O4/c1-2-18(19-12-17(15-28-19)27-14-16-8-9-16)22-10-6-4-3-5-7-11-24-13-20(25)23-21(24)26/h12,15-16,18,22H,2-11,13-14H2,1H3,(H,23,25,26)/t18-/m1/s1. The van der Waals surface area contributed by atoms with E-state index in [4.69, 9.17) is 9.15 Å². The summed E-state index contributed by atoms with van der Waals surface area (Å²) in [6, 6.07) is 1.99. The Labute approximate surface area is 167 Å². The van der Waals surface area contributed by atoms with Gasteiger partial charge < -0.3 is 19.4 Å². The second kappa shape index (κ2) is 10.5. The average Bonchev–Trinajstić information content (AvgIpc) is 3.30. The summed E-state index contributed by atoms with van der Waals surface area (Å²) in [5.41, 5.74) is 0. The highest BCUT2D eigenvalue weighted by atomic mass is 16.5. The van der Waals surface area contributed by atoms with Crippen molar-refractivity contribution < 1.29 is 18.7 Å². The number of carbonyl (C=O) groups excluding carboxylic acids is 2. The number of urea groups is 1. The molecule has 1 atom stereocenters. The van der Waals surface area contributed by atoms with Crippen molar-refractivity contribution in [3.63, 3.8) is 0 Å². The van der Waals surface area contributed by atoms with Gasteiger partial charge in [-0.25, -0.2) is 4.79 Å². The van der Waals surface area contributed by atoms with E-state index in [-0.39, 0.29) is 24.5 Å². The van der Waals surface area contributed by atoms with E-state index in [1.54, 1.807) is 11.2 Å². The first kappa shape index (κ1) is 20.7. The lowest BCUT2D eigenvalue weighted by Crippen LogP contribution is -2.29. The molecule has 1 aliphatic carbocycles. The monoisotopic (exact) mass is 391 g/mol. The van der Waals surface area contributed by atoms with Crippen LogP contribution >= 0.6 is 0 Å². The molecule has 0 spiro atoms. The van der Waals surface area contributed by atoms with Gasteiger partial charge in [-0.1, -0.05) is 26.2 Å². The van der Waals surface area contributed by atoms with Crippen LogP contribution in [0.3, 0.4) is 0 Å². The molecule has 7 heteroatoms. The number of hydrogen-bond donors (Lipinski definition) is 2. The normalized spacial score (nSPS) is 17.8. The summed E-state index contributed by atoms with van der Waals surface area (Å²) in [5.74, 6) is 2.34. The molecule has 7 nitrogen and oxygen atoms in total. The molecule has 1 saturated heterocycles. The van der Waals surface area contributed by atoms with Crippen LogP contribution in [0.25, 0.3) is 0 Å². The van der Waals surface area contributed by atoms with Gasteiger partial charge in [0.15, 0.2) is 5.75 Å². The van der Waals surface area contributed by atoms with Crippen LogP contribution in [0.5, 0.6) is 5.75 Å². The van der Waals surface area contributed by atoms with Crippen LogP contribution in [0.2, 0.25) is 0 Å². The third kappa shape index (κ3) is 6.55. The van der Waals surface area contributed by atoms with Gasteiger partial charge in [-0.3, -0.25) is 10.1 Å². The highest BCUT2D eigenvalue weighted by Crippen LogP contribution is 2.30. The molecule has 2 aliphatic rings. The number of ether oxygens (including phenoxy) is 1. The van der Waals surface area contributed by atoms with Crippen molar-refractivity contribution in [2.24, 2.45) is 5.92 Å². The van der Waals surface area contributed by atoms with Gasteiger partial charge in [-0.2, -0.15) is 0 Å². The maximum absolute atomic E-state index is 11.4. The number of furan rings is 1. The second-order valence-electron chi connectivity index (χ2n) is 7.90. The fourth-order valence-electron chi connectivity index (χ4n) is 3.44. The average molecular weight is 392 g/mol. The molecule has 0 unspecified atom stereocenters. The fraction of sp³-hybridized carbons (Fsp3) is 0.714. The van der Waals surface area contributed by atoms with Crippen molar-refractivity contribution in [1.82, 2.24) is 15.5 Å². The predicted octanol–water partition coefficient (Wildman–Crippen LogP) is 3.61. The van der Waals surface area contributed by atoms with Crippen LogP contribution in [0.4, 0.5) is 4.79 Å². The van der Waals surface area contributed by atoms with Gasteiger partial charge >= 0.3 is 6.03 Å². The Morgan fingerprint density at radius 2 is 2.04 bits per heavy atom. The minimum atomic E-state index is -0.251. The highest BCUT2D eigenvalue weighted by molar-refractivity contribution is 6.01. The Kier molecular flexibility index (Phi) is 7.77. The molecule has 2 fully saturated rings. The van der Waals surface area contributed by atoms with E-state index < -0.39 is 0 Å². The molecular formula is C21H33N3O4. The van der Waals surface area contributed by atoms with Crippen molar-refractivity contribution in [3.05, 3.63) is 18.1 Å². The minimum absolute atomic E-state index is 0.195. The van der Waals surface area contributed by atoms with Crippen molar-refractivity contribution >= 4 is 11.9 Å². The van der Waals surface area contributed by atoms with Gasteiger partial charge in [0.05, 0.1) is 12.6 Å². The van der Waals surface area contributed by atoms with Crippen LogP contribution in [0.15, 0.2) is 16.7 Å². The van der Waals surface area contributed by atoms with Gasteiger partial charge in [0.1, 0.15) is 18.6 Å². The van der Waals surface area contributed by atoms with Gasteiger partial charge in [0, 0.05) is 12.6 Å². The molecule has 0 aromatic carbocycles. The Hall–Kier alpha value is -2.02. The number of hydrogen-bond acceptors (Lipinski definition) is 5. The molecule has 2 N–H and O–H groups in total. The topological polar surface area (TPSA) is 83.8 Å². The van der Waals surface area contributed by atoms with E-state index in [0.717, 1.165) is 69.1 Å². The van der Waals surface area contributed by atoms with Crippen LogP contribution in [0.1, 0.15) is 70.1 Å². The summed E-state index contributed by atoms with van der Waals surface area (Å²) in [7, 11) is 0. The van der Waals surface area contributed by atoms with Gasteiger partial charge in [-0.05, 0) is 44.6 Å². The Balaban J connectivity index is 1.22. The zero-order valence-corrected chi connectivity index (χ0v) is 16.9. The van der Waals surface area contributed by atoms with Crippen molar-refractivity contribution in [3.8, 4) is 5.75 Å². The molecule has 156 valence electrons. The van der Waals surface area contributed by atoms with E-state index in [1.807, 2.05) is 6.07 Å². The zero-order valence-electron chi connectivity index (χ0n) is 16.9. The first-order valence-corrected chi connectivity index (χ1v) is 10.7. The summed E-state index contributed by atoms with van der Waals surface area (Å²) >= 11 is 0. The third-order valence-corrected chi connectivity index (χ3v) is 5.39. The maximum atomic E-state index is 11.4. The summed E-state index contributed by atoms with van der Waals surface area (Å²) in [4.78, 5) is 24.1. The number of nitrogens with zero attached hydrogens (tertiary/aromatic N) is 1. The Morgan fingerprint density at radius 1 is 1.25 bits per heavy atom. The number of imide groups is 1. The molecule has 3 rings (SSSR count). The van der Waals surface area contributed by atoms with E-state index in [9.17, 15) is 9.59 Å². The van der Waals surface area contributed by atoms with Crippen LogP contribution in [-0.2, 0) is 4.79 Å². The first-order chi connectivity index (χ1) is 13.7. The predicted molar refractivity (Wildman–Crippen MR) is 106 cm³/mol. The third-order valence-electron chi connectivity index (χ3n) is 5.39. The van der Waals surface area contributed by atoms with Crippen LogP contribution < -0.4 is 15.4 Å². The molecule has 0 radical (unpaired) electrons. The van der Waals surface area contributed by atoms with Crippen LogP contribution in [-0.4, -0.2) is 43.1 Å². The minimum Gasteiger partial charge on any atom is -0.490 e. The van der Waals surface area contributed by atoms with Crippen LogP contribution in [0, 0.1) is 5.92 Å². The quantitative estimate of drug-likeness (QED) is 0.374. The van der Waals surface area contributed by atoms with Crippen molar-refractivity contribution in [1.29, 1.82) is 0 Å². The largest absolute Gasteiger partial charge is 0.490 e. The summed E-state index contributed by atoms with van der Waals surface area (Å²) in [5, 5.41) is 5.88. The van der Waals surface area contributed by atoms with Gasteiger partial charge in [0.25, 0.3) is 0 Å². The van der Waals surface area contributed by atoms with E-state index in [2.05, 4.69) is 17.6 Å². The molecular weight excluding hydrogens is 358 g/mol. The molecule has 1 aliphatic heterocycles. The zero-order chi connectivity index (χ0) is 19.8. The summed E-state index contributed by atoms with van der Waals surface area (Å²) in [6.45, 7) is 4.80. The lowest BCUT2D eigenvalue weighted by atomic mass is 10.1. The molecule has 28 heavy (non-hydrogen) atoms. The number of rotatable bonds is 14. The highest BCUT2D eigenvalue weighted by Gasteiger charge is 2.25. The molecule has 3 amide bonds. The van der Waals surface area contributed by atoms with Crippen molar-refractivity contribution in [2.45, 2.75) is 64.3 Å². The second-order valence-corrected chi connectivity index (χ2v) is 7.90. The smallest absolute Gasteiger partial charge is 0.324 e.